The Morgan fingerprint density at radius 2 is 2.30 bits per heavy atom. The van der Waals surface area contributed by atoms with Gasteiger partial charge in [0.25, 0.3) is 0 Å². The first-order chi connectivity index (χ1) is 9.54. The number of carboxylic acid groups (broad SMARTS) is 1. The number of carbonyl (C=O) groups excluding carboxylic acids is 1. The van der Waals surface area contributed by atoms with Crippen LogP contribution in [0.5, 0.6) is 0 Å². The Labute approximate surface area is 123 Å². The molecule has 2 aromatic rings. The maximum atomic E-state index is 10.9. The smallest absolute Gasteiger partial charge is 0.354 e. The Morgan fingerprint density at radius 1 is 1.50 bits per heavy atom. The second-order valence-electron chi connectivity index (χ2n) is 3.80. The highest BCUT2D eigenvalue weighted by atomic mass is 32.2. The van der Waals surface area contributed by atoms with Gasteiger partial charge in [-0.15, -0.1) is 23.1 Å². The first-order valence-corrected chi connectivity index (χ1v) is 7.45. The molecule has 2 rings (SSSR count). The van der Waals surface area contributed by atoms with Crippen molar-refractivity contribution in [2.24, 2.45) is 0 Å². The van der Waals surface area contributed by atoms with E-state index >= 15 is 0 Å². The van der Waals surface area contributed by atoms with E-state index in [1.807, 2.05) is 5.38 Å². The summed E-state index contributed by atoms with van der Waals surface area (Å²) in [6.07, 6.45) is 1.47. The van der Waals surface area contributed by atoms with Crippen molar-refractivity contribution < 1.29 is 14.7 Å². The Hall–Kier alpha value is -1.93. The van der Waals surface area contributed by atoms with Crippen molar-refractivity contribution in [3.05, 3.63) is 35.1 Å². The second kappa shape index (κ2) is 6.49. The van der Waals surface area contributed by atoms with Crippen molar-refractivity contribution in [1.82, 2.24) is 9.97 Å². The third-order valence-corrected chi connectivity index (χ3v) is 4.01. The fourth-order valence-electron chi connectivity index (χ4n) is 1.36. The highest BCUT2D eigenvalue weighted by molar-refractivity contribution is 7.98. The van der Waals surface area contributed by atoms with E-state index in [9.17, 15) is 9.59 Å². The van der Waals surface area contributed by atoms with E-state index in [1.165, 1.54) is 42.3 Å². The maximum absolute atomic E-state index is 10.9. The number of amides is 1. The summed E-state index contributed by atoms with van der Waals surface area (Å²) in [6.45, 7) is 1.43. The number of thioether (sulfide) groups is 1. The molecule has 0 bridgehead atoms. The molecule has 0 radical (unpaired) electrons. The van der Waals surface area contributed by atoms with E-state index in [1.54, 1.807) is 6.07 Å². The lowest BCUT2D eigenvalue weighted by Gasteiger charge is -2.00. The van der Waals surface area contributed by atoms with Gasteiger partial charge in [-0.25, -0.2) is 14.8 Å². The first kappa shape index (κ1) is 14.5. The summed E-state index contributed by atoms with van der Waals surface area (Å²) in [5, 5.41) is 13.9. The molecule has 2 aromatic heterocycles. The summed E-state index contributed by atoms with van der Waals surface area (Å²) in [6, 6.07) is 3.27. The van der Waals surface area contributed by atoms with Crippen LogP contribution in [0.4, 0.5) is 5.13 Å². The fraction of sp³-hybridized carbons (Fsp3) is 0.167. The molecule has 0 aliphatic carbocycles. The van der Waals surface area contributed by atoms with Crippen LogP contribution >= 0.6 is 23.1 Å². The second-order valence-corrected chi connectivity index (χ2v) is 5.70. The SMILES string of the molecule is CC(=O)Nc1nc(CSc2ccnc(C(=O)O)c2)cs1. The molecule has 0 aromatic carbocycles. The molecule has 0 atom stereocenters. The zero-order valence-corrected chi connectivity index (χ0v) is 12.1. The van der Waals surface area contributed by atoms with E-state index in [-0.39, 0.29) is 11.6 Å². The number of carbonyl (C=O) groups is 2. The average molecular weight is 309 g/mol. The van der Waals surface area contributed by atoms with Gasteiger partial charge in [0.05, 0.1) is 5.69 Å². The zero-order chi connectivity index (χ0) is 14.5. The quantitative estimate of drug-likeness (QED) is 0.824. The van der Waals surface area contributed by atoms with Crippen LogP contribution in [0, 0.1) is 0 Å². The van der Waals surface area contributed by atoms with Gasteiger partial charge in [0.15, 0.2) is 5.13 Å². The van der Waals surface area contributed by atoms with Crippen LogP contribution in [0.3, 0.4) is 0 Å². The number of nitrogens with one attached hydrogen (secondary N) is 1. The lowest BCUT2D eigenvalue weighted by Crippen LogP contribution is -2.05. The topological polar surface area (TPSA) is 92.2 Å². The number of aromatic carboxylic acids is 1. The number of aromatic nitrogens is 2. The molecule has 0 unspecified atom stereocenters. The third kappa shape index (κ3) is 4.04. The van der Waals surface area contributed by atoms with Crippen LogP contribution < -0.4 is 5.32 Å². The summed E-state index contributed by atoms with van der Waals surface area (Å²) in [5.74, 6) is -0.605. The van der Waals surface area contributed by atoms with Crippen molar-refractivity contribution in [3.63, 3.8) is 0 Å². The molecule has 1 amide bonds. The monoisotopic (exact) mass is 309 g/mol. The molecule has 2 N–H and O–H groups in total. The van der Waals surface area contributed by atoms with Crippen LogP contribution in [0.15, 0.2) is 28.6 Å². The average Bonchev–Trinajstić information content (AvgIpc) is 2.83. The van der Waals surface area contributed by atoms with Crippen LogP contribution in [-0.4, -0.2) is 27.0 Å². The number of thiazole rings is 1. The highest BCUT2D eigenvalue weighted by Gasteiger charge is 2.07. The van der Waals surface area contributed by atoms with Gasteiger partial charge in [0.1, 0.15) is 5.69 Å². The van der Waals surface area contributed by atoms with Crippen LogP contribution in [0.1, 0.15) is 23.1 Å². The Morgan fingerprint density at radius 3 is 3.00 bits per heavy atom. The summed E-state index contributed by atoms with van der Waals surface area (Å²) in [5.41, 5.74) is 0.852. The number of rotatable bonds is 5. The molecule has 0 saturated heterocycles. The molecule has 0 aliphatic heterocycles. The van der Waals surface area contributed by atoms with Crippen molar-refractivity contribution >= 4 is 40.1 Å². The molecular formula is C12H11N3O3S2. The van der Waals surface area contributed by atoms with Gasteiger partial charge in [-0.1, -0.05) is 0 Å². The lowest BCUT2D eigenvalue weighted by atomic mass is 10.3. The number of anilines is 1. The minimum absolute atomic E-state index is 0.0206. The molecule has 0 aliphatic rings. The minimum atomic E-state index is -1.05. The molecule has 0 spiro atoms. The molecule has 6 nitrogen and oxygen atoms in total. The van der Waals surface area contributed by atoms with Gasteiger partial charge in [0, 0.05) is 29.1 Å². The standard InChI is InChI=1S/C12H11N3O3S2/c1-7(16)14-12-15-8(6-20-12)5-19-9-2-3-13-10(4-9)11(17)18/h2-4,6H,5H2,1H3,(H,17,18)(H,14,15,16). The predicted octanol–water partition coefficient (Wildman–Crippen LogP) is 2.49. The predicted molar refractivity (Wildman–Crippen MR) is 77.2 cm³/mol. The van der Waals surface area contributed by atoms with Gasteiger partial charge >= 0.3 is 5.97 Å². The van der Waals surface area contributed by atoms with Crippen molar-refractivity contribution in [1.29, 1.82) is 0 Å². The number of pyridine rings is 1. The largest absolute Gasteiger partial charge is 0.477 e. The number of carboxylic acids is 1. The minimum Gasteiger partial charge on any atom is -0.477 e. The number of nitrogens with zero attached hydrogens (tertiary/aromatic N) is 2. The summed E-state index contributed by atoms with van der Waals surface area (Å²) in [7, 11) is 0. The van der Waals surface area contributed by atoms with E-state index in [4.69, 9.17) is 5.11 Å². The maximum Gasteiger partial charge on any atom is 0.354 e. The highest BCUT2D eigenvalue weighted by Crippen LogP contribution is 2.25. The van der Waals surface area contributed by atoms with E-state index < -0.39 is 5.97 Å². The van der Waals surface area contributed by atoms with Crippen LogP contribution in [-0.2, 0) is 10.5 Å². The summed E-state index contributed by atoms with van der Waals surface area (Å²) < 4.78 is 0. The van der Waals surface area contributed by atoms with Gasteiger partial charge in [-0.3, -0.25) is 4.79 Å². The zero-order valence-electron chi connectivity index (χ0n) is 10.5. The fourth-order valence-corrected chi connectivity index (χ4v) is 3.03. The molecule has 8 heteroatoms. The van der Waals surface area contributed by atoms with Gasteiger partial charge < -0.3 is 10.4 Å². The van der Waals surface area contributed by atoms with Crippen LogP contribution in [0.25, 0.3) is 0 Å². The molecule has 0 saturated carbocycles. The van der Waals surface area contributed by atoms with Gasteiger partial charge in [-0.05, 0) is 12.1 Å². The summed E-state index contributed by atoms with van der Waals surface area (Å²) in [4.78, 5) is 30.5. The van der Waals surface area contributed by atoms with Gasteiger partial charge in [-0.2, -0.15) is 0 Å². The Bertz CT molecular complexity index is 642. The molecule has 104 valence electrons. The molecular weight excluding hydrogens is 298 g/mol. The Kier molecular flexibility index (Phi) is 4.70. The normalized spacial score (nSPS) is 10.2. The first-order valence-electron chi connectivity index (χ1n) is 5.59. The van der Waals surface area contributed by atoms with Crippen molar-refractivity contribution in [2.45, 2.75) is 17.6 Å². The molecule has 2 heterocycles. The van der Waals surface area contributed by atoms with Crippen LogP contribution in [0.2, 0.25) is 0 Å². The number of hydrogen-bond acceptors (Lipinski definition) is 6. The Balaban J connectivity index is 1.98. The van der Waals surface area contributed by atoms with E-state index in [0.29, 0.717) is 10.9 Å². The molecule has 0 fully saturated rings. The van der Waals surface area contributed by atoms with Gasteiger partial charge in [0.2, 0.25) is 5.91 Å². The van der Waals surface area contributed by atoms with E-state index in [2.05, 4.69) is 15.3 Å². The van der Waals surface area contributed by atoms with E-state index in [0.717, 1.165) is 10.6 Å². The third-order valence-electron chi connectivity index (χ3n) is 2.17. The summed E-state index contributed by atoms with van der Waals surface area (Å²) >= 11 is 2.82. The lowest BCUT2D eigenvalue weighted by molar-refractivity contribution is -0.114. The number of hydrogen-bond donors (Lipinski definition) is 2. The van der Waals surface area contributed by atoms with Crippen molar-refractivity contribution in [2.75, 3.05) is 5.32 Å². The molecule has 20 heavy (non-hydrogen) atoms. The van der Waals surface area contributed by atoms with Crippen molar-refractivity contribution in [3.8, 4) is 0 Å².